The SMILES string of the molecule is Cc1nn(C)c(Cl)c1C(=O)NCC(O)c1ccc(Cl)c(F)c1. The largest absolute Gasteiger partial charge is 0.387 e. The Balaban J connectivity index is 2.05. The minimum atomic E-state index is -1.06. The third-order valence-electron chi connectivity index (χ3n) is 3.16. The Morgan fingerprint density at radius 2 is 2.18 bits per heavy atom. The molecular formula is C14H14Cl2FN3O2. The van der Waals surface area contributed by atoms with Crippen LogP contribution in [0.15, 0.2) is 18.2 Å². The second kappa shape index (κ2) is 6.64. The molecule has 5 nitrogen and oxygen atoms in total. The Bertz CT molecular complexity index is 718. The molecule has 118 valence electrons. The van der Waals surface area contributed by atoms with Crippen molar-refractivity contribution in [3.63, 3.8) is 0 Å². The molecule has 1 amide bonds. The van der Waals surface area contributed by atoms with Crippen molar-refractivity contribution in [2.75, 3.05) is 6.54 Å². The van der Waals surface area contributed by atoms with Gasteiger partial charge in [0.2, 0.25) is 0 Å². The minimum Gasteiger partial charge on any atom is -0.387 e. The van der Waals surface area contributed by atoms with Crippen LogP contribution < -0.4 is 5.32 Å². The van der Waals surface area contributed by atoms with E-state index in [2.05, 4.69) is 10.4 Å². The summed E-state index contributed by atoms with van der Waals surface area (Å²) in [5.74, 6) is -1.08. The van der Waals surface area contributed by atoms with Crippen molar-refractivity contribution in [2.24, 2.45) is 7.05 Å². The Kier molecular flexibility index (Phi) is 5.05. The Morgan fingerprint density at radius 1 is 1.50 bits per heavy atom. The first kappa shape index (κ1) is 16.7. The average Bonchev–Trinajstić information content (AvgIpc) is 2.72. The Hall–Kier alpha value is -1.63. The molecule has 2 rings (SSSR count). The topological polar surface area (TPSA) is 67.2 Å². The quantitative estimate of drug-likeness (QED) is 0.894. The van der Waals surface area contributed by atoms with Crippen LogP contribution in [0.4, 0.5) is 4.39 Å². The molecule has 1 unspecified atom stereocenters. The molecule has 1 aromatic carbocycles. The van der Waals surface area contributed by atoms with E-state index < -0.39 is 17.8 Å². The summed E-state index contributed by atoms with van der Waals surface area (Å²) in [7, 11) is 1.62. The number of benzene rings is 1. The highest BCUT2D eigenvalue weighted by molar-refractivity contribution is 6.33. The van der Waals surface area contributed by atoms with Gasteiger partial charge in [-0.3, -0.25) is 9.48 Å². The van der Waals surface area contributed by atoms with Gasteiger partial charge in [0, 0.05) is 13.6 Å². The standard InChI is InChI=1S/C14H14Cl2FN3O2/c1-7-12(13(16)20(2)19-7)14(22)18-6-11(21)8-3-4-9(15)10(17)5-8/h3-5,11,21H,6H2,1-2H3,(H,18,22). The van der Waals surface area contributed by atoms with Gasteiger partial charge < -0.3 is 10.4 Å². The fraction of sp³-hybridized carbons (Fsp3) is 0.286. The number of hydrogen-bond donors (Lipinski definition) is 2. The Morgan fingerprint density at radius 3 is 2.73 bits per heavy atom. The van der Waals surface area contributed by atoms with Gasteiger partial charge in [0.05, 0.1) is 22.4 Å². The molecule has 1 aromatic heterocycles. The predicted octanol–water partition coefficient (Wildman–Crippen LogP) is 2.64. The predicted molar refractivity (Wildman–Crippen MR) is 81.7 cm³/mol. The number of halogens is 3. The summed E-state index contributed by atoms with van der Waals surface area (Å²) in [5.41, 5.74) is 1.05. The maximum atomic E-state index is 13.4. The number of nitrogens with one attached hydrogen (secondary N) is 1. The van der Waals surface area contributed by atoms with E-state index in [0.29, 0.717) is 11.3 Å². The molecule has 0 bridgehead atoms. The van der Waals surface area contributed by atoms with E-state index >= 15 is 0 Å². The minimum absolute atomic E-state index is 0.0299. The van der Waals surface area contributed by atoms with Crippen LogP contribution in [0.1, 0.15) is 27.7 Å². The molecule has 0 saturated heterocycles. The van der Waals surface area contributed by atoms with Crippen LogP contribution in [0.5, 0.6) is 0 Å². The van der Waals surface area contributed by atoms with Crippen LogP contribution in [0, 0.1) is 12.7 Å². The van der Waals surface area contributed by atoms with E-state index in [1.165, 1.54) is 16.8 Å². The number of aryl methyl sites for hydroxylation is 2. The van der Waals surface area contributed by atoms with Crippen LogP contribution in [-0.2, 0) is 7.05 Å². The number of hydrogen-bond acceptors (Lipinski definition) is 3. The normalized spacial score (nSPS) is 12.3. The fourth-order valence-electron chi connectivity index (χ4n) is 2.00. The number of aliphatic hydroxyl groups excluding tert-OH is 1. The van der Waals surface area contributed by atoms with E-state index in [1.807, 2.05) is 0 Å². The zero-order valence-electron chi connectivity index (χ0n) is 11.9. The van der Waals surface area contributed by atoms with Crippen LogP contribution in [0.2, 0.25) is 10.2 Å². The number of aromatic nitrogens is 2. The lowest BCUT2D eigenvalue weighted by Crippen LogP contribution is -2.29. The number of amides is 1. The lowest BCUT2D eigenvalue weighted by molar-refractivity contribution is 0.0915. The van der Waals surface area contributed by atoms with E-state index in [9.17, 15) is 14.3 Å². The lowest BCUT2D eigenvalue weighted by atomic mass is 10.1. The van der Waals surface area contributed by atoms with Gasteiger partial charge in [-0.1, -0.05) is 29.3 Å². The average molecular weight is 346 g/mol. The van der Waals surface area contributed by atoms with E-state index in [1.54, 1.807) is 14.0 Å². The Labute approximate surface area is 136 Å². The molecule has 1 atom stereocenters. The summed E-state index contributed by atoms with van der Waals surface area (Å²) in [5, 5.41) is 16.8. The summed E-state index contributed by atoms with van der Waals surface area (Å²) in [6.45, 7) is 1.57. The highest BCUT2D eigenvalue weighted by Crippen LogP contribution is 2.21. The first-order chi connectivity index (χ1) is 10.3. The van der Waals surface area contributed by atoms with Crippen molar-refractivity contribution in [2.45, 2.75) is 13.0 Å². The lowest BCUT2D eigenvalue weighted by Gasteiger charge is -2.12. The zero-order chi connectivity index (χ0) is 16.4. The van der Waals surface area contributed by atoms with Crippen LogP contribution in [0.3, 0.4) is 0 Å². The molecule has 0 fully saturated rings. The van der Waals surface area contributed by atoms with Gasteiger partial charge in [-0.2, -0.15) is 5.10 Å². The van der Waals surface area contributed by atoms with E-state index in [4.69, 9.17) is 23.2 Å². The third-order valence-corrected chi connectivity index (χ3v) is 3.90. The van der Waals surface area contributed by atoms with Crippen molar-refractivity contribution in [1.29, 1.82) is 0 Å². The molecule has 0 aliphatic rings. The molecule has 0 saturated carbocycles. The number of aliphatic hydroxyl groups is 1. The summed E-state index contributed by atoms with van der Waals surface area (Å²) < 4.78 is 14.7. The highest BCUT2D eigenvalue weighted by atomic mass is 35.5. The molecule has 0 aliphatic heterocycles. The van der Waals surface area contributed by atoms with Crippen molar-refractivity contribution in [3.05, 3.63) is 51.0 Å². The second-order valence-electron chi connectivity index (χ2n) is 4.77. The monoisotopic (exact) mass is 345 g/mol. The van der Waals surface area contributed by atoms with Gasteiger partial charge in [-0.05, 0) is 24.6 Å². The van der Waals surface area contributed by atoms with Gasteiger partial charge in [0.1, 0.15) is 11.0 Å². The summed E-state index contributed by atoms with van der Waals surface area (Å²) >= 11 is 11.6. The first-order valence-electron chi connectivity index (χ1n) is 6.41. The van der Waals surface area contributed by atoms with Crippen LogP contribution in [-0.4, -0.2) is 27.3 Å². The van der Waals surface area contributed by atoms with Gasteiger partial charge in [-0.25, -0.2) is 4.39 Å². The maximum Gasteiger partial charge on any atom is 0.256 e. The third kappa shape index (κ3) is 3.40. The fourth-order valence-corrected chi connectivity index (χ4v) is 2.38. The molecule has 2 aromatic rings. The van der Waals surface area contributed by atoms with Crippen molar-refractivity contribution < 1.29 is 14.3 Å². The number of rotatable bonds is 4. The van der Waals surface area contributed by atoms with Gasteiger partial charge in [0.25, 0.3) is 5.91 Å². The molecule has 1 heterocycles. The van der Waals surface area contributed by atoms with E-state index in [-0.39, 0.29) is 22.3 Å². The molecule has 22 heavy (non-hydrogen) atoms. The highest BCUT2D eigenvalue weighted by Gasteiger charge is 2.20. The summed E-state index contributed by atoms with van der Waals surface area (Å²) in [4.78, 5) is 12.1. The number of nitrogens with zero attached hydrogens (tertiary/aromatic N) is 2. The van der Waals surface area contributed by atoms with Gasteiger partial charge in [-0.15, -0.1) is 0 Å². The summed E-state index contributed by atoms with van der Waals surface area (Å²) in [6.07, 6.45) is -1.06. The second-order valence-corrected chi connectivity index (χ2v) is 5.54. The number of carbonyl (C=O) groups excluding carboxylic acids is 1. The first-order valence-corrected chi connectivity index (χ1v) is 7.17. The molecule has 0 aliphatic carbocycles. The zero-order valence-corrected chi connectivity index (χ0v) is 13.4. The number of carbonyl (C=O) groups is 1. The van der Waals surface area contributed by atoms with Gasteiger partial charge >= 0.3 is 0 Å². The van der Waals surface area contributed by atoms with Gasteiger partial charge in [0.15, 0.2) is 0 Å². The van der Waals surface area contributed by atoms with Crippen molar-refractivity contribution in [3.8, 4) is 0 Å². The van der Waals surface area contributed by atoms with E-state index in [0.717, 1.165) is 6.07 Å². The van der Waals surface area contributed by atoms with Crippen molar-refractivity contribution in [1.82, 2.24) is 15.1 Å². The molecule has 0 radical (unpaired) electrons. The molecule has 0 spiro atoms. The molecular weight excluding hydrogens is 332 g/mol. The van der Waals surface area contributed by atoms with Crippen LogP contribution in [0.25, 0.3) is 0 Å². The molecule has 8 heteroatoms. The van der Waals surface area contributed by atoms with Crippen molar-refractivity contribution >= 4 is 29.1 Å². The van der Waals surface area contributed by atoms with Crippen LogP contribution >= 0.6 is 23.2 Å². The smallest absolute Gasteiger partial charge is 0.256 e. The summed E-state index contributed by atoms with van der Waals surface area (Å²) in [6, 6.07) is 3.96. The maximum absolute atomic E-state index is 13.4. The molecule has 2 N–H and O–H groups in total.